The van der Waals surface area contributed by atoms with Crippen LogP contribution in [0, 0.1) is 11.7 Å². The quantitative estimate of drug-likeness (QED) is 0.381. The van der Waals surface area contributed by atoms with E-state index in [0.717, 1.165) is 24.4 Å². The number of aryl methyl sites for hydroxylation is 1. The van der Waals surface area contributed by atoms with Gasteiger partial charge in [-0.3, -0.25) is 4.68 Å². The molecule has 2 fully saturated rings. The molecule has 0 amide bonds. The summed E-state index contributed by atoms with van der Waals surface area (Å²) in [6.07, 6.45) is 6.91. The molecule has 4 aromatic rings. The average molecular weight is 441 g/mol. The monoisotopic (exact) mass is 441 g/mol. The number of hydrogen-bond donors (Lipinski definition) is 1. The van der Waals surface area contributed by atoms with Crippen LogP contribution in [0.5, 0.6) is 5.75 Å². The van der Waals surface area contributed by atoms with E-state index in [1.807, 2.05) is 18.2 Å². The van der Waals surface area contributed by atoms with Crippen molar-refractivity contribution in [1.29, 1.82) is 0 Å². The van der Waals surface area contributed by atoms with E-state index in [1.54, 1.807) is 31.3 Å². The molecule has 1 aliphatic carbocycles. The van der Waals surface area contributed by atoms with Crippen LogP contribution in [-0.2, 0) is 7.05 Å². The number of pyridine rings is 2. The van der Waals surface area contributed by atoms with Crippen molar-refractivity contribution < 1.29 is 39.1 Å². The molecule has 1 aliphatic heterocycles. The van der Waals surface area contributed by atoms with Crippen LogP contribution >= 0.6 is 0 Å². The predicted octanol–water partition coefficient (Wildman–Crippen LogP) is 2.01. The Morgan fingerprint density at radius 2 is 1.69 bits per heavy atom. The van der Waals surface area contributed by atoms with Gasteiger partial charge in [0.15, 0.2) is 11.6 Å². The second-order valence-electron chi connectivity index (χ2n) is 8.38. The van der Waals surface area contributed by atoms with Gasteiger partial charge in [-0.1, -0.05) is 0 Å². The molecule has 32 heavy (non-hydrogen) atoms. The Hall–Kier alpha value is -2.22. The number of aromatic nitrogens is 4. The van der Waals surface area contributed by atoms with Crippen LogP contribution in [0.2, 0.25) is 0 Å². The molecule has 0 unspecified atom stereocenters. The third-order valence-electron chi connectivity index (χ3n) is 5.81. The zero-order chi connectivity index (χ0) is 21.5. The smallest absolute Gasteiger partial charge is 0.504 e. The summed E-state index contributed by atoms with van der Waals surface area (Å²) < 4.78 is 16.0. The third-order valence-corrected chi connectivity index (χ3v) is 5.81. The van der Waals surface area contributed by atoms with Gasteiger partial charge in [-0.15, -0.1) is 0 Å². The summed E-state index contributed by atoms with van der Waals surface area (Å²) in [6, 6.07) is 9.23. The van der Waals surface area contributed by atoms with Crippen LogP contribution in [0.3, 0.4) is 0 Å². The third kappa shape index (κ3) is 4.60. The second-order valence-corrected chi connectivity index (χ2v) is 8.38. The zero-order valence-electron chi connectivity index (χ0n) is 18.8. The van der Waals surface area contributed by atoms with Crippen LogP contribution in [0.15, 0.2) is 36.5 Å². The van der Waals surface area contributed by atoms with Gasteiger partial charge in [0, 0.05) is 37.3 Å². The van der Waals surface area contributed by atoms with Crippen LogP contribution in [0.25, 0.3) is 33.2 Å². The zero-order valence-corrected chi connectivity index (χ0v) is 20.8. The topological polar surface area (TPSA) is 67.1 Å². The standard InChI is InChI=1S/C20H18FN5O.C4H7.Na/c1-25-11-12-10-13(20(27)18(21)19(12)24-25)14-4-5-16-15(22-14)6-7-17(23-16)26-8-2-3-9-26;1-4-2-3-4;/h4-7,10-11,27H,2-3,8-9H2,1H3;2-3H2,1H3;/q;-1;+1. The van der Waals surface area contributed by atoms with Crippen molar-refractivity contribution in [3.63, 3.8) is 0 Å². The Bertz CT molecular complexity index is 1260. The Morgan fingerprint density at radius 1 is 1.03 bits per heavy atom. The van der Waals surface area contributed by atoms with Gasteiger partial charge in [0.05, 0.1) is 16.7 Å². The molecule has 1 aromatic carbocycles. The van der Waals surface area contributed by atoms with E-state index in [9.17, 15) is 9.50 Å². The van der Waals surface area contributed by atoms with Crippen molar-refractivity contribution in [1.82, 2.24) is 19.7 Å². The minimum Gasteiger partial charge on any atom is -0.504 e. The van der Waals surface area contributed by atoms with Crippen LogP contribution in [-0.4, -0.2) is 37.9 Å². The van der Waals surface area contributed by atoms with E-state index >= 15 is 0 Å². The van der Waals surface area contributed by atoms with Crippen molar-refractivity contribution in [2.24, 2.45) is 7.05 Å². The molecule has 160 valence electrons. The van der Waals surface area contributed by atoms with Gasteiger partial charge in [0.2, 0.25) is 0 Å². The molecule has 2 aliphatic rings. The van der Waals surface area contributed by atoms with Crippen molar-refractivity contribution in [3.05, 3.63) is 48.3 Å². The molecule has 3 aromatic heterocycles. The number of phenolic OH excluding ortho intramolecular Hbond substituents is 1. The maximum atomic E-state index is 14.5. The van der Waals surface area contributed by atoms with E-state index < -0.39 is 11.6 Å². The van der Waals surface area contributed by atoms with Gasteiger partial charge >= 0.3 is 29.6 Å². The fourth-order valence-electron chi connectivity index (χ4n) is 3.83. The first-order chi connectivity index (χ1) is 15.0. The predicted molar refractivity (Wildman–Crippen MR) is 120 cm³/mol. The van der Waals surface area contributed by atoms with Gasteiger partial charge in [-0.05, 0) is 43.2 Å². The maximum Gasteiger partial charge on any atom is 1.00 e. The summed E-state index contributed by atoms with van der Waals surface area (Å²) in [5.41, 5.74) is 2.49. The van der Waals surface area contributed by atoms with Crippen molar-refractivity contribution in [2.75, 3.05) is 18.0 Å². The van der Waals surface area contributed by atoms with E-state index in [4.69, 9.17) is 4.98 Å². The summed E-state index contributed by atoms with van der Waals surface area (Å²) in [5, 5.41) is 15.0. The molecular formula is C24H25FN5NaO. The summed E-state index contributed by atoms with van der Waals surface area (Å²) >= 11 is 0. The average Bonchev–Trinajstić information content (AvgIpc) is 3.22. The number of rotatable bonds is 2. The molecule has 6 rings (SSSR count). The van der Waals surface area contributed by atoms with Crippen molar-refractivity contribution in [3.8, 4) is 17.0 Å². The first kappa shape index (κ1) is 23.0. The number of aromatic hydroxyl groups is 1. The number of hydrogen-bond acceptors (Lipinski definition) is 5. The number of phenols is 1. The summed E-state index contributed by atoms with van der Waals surface area (Å²) in [6.45, 7) is 4.25. The Morgan fingerprint density at radius 3 is 2.38 bits per heavy atom. The first-order valence-electron chi connectivity index (χ1n) is 10.7. The second kappa shape index (κ2) is 9.33. The van der Waals surface area contributed by atoms with Crippen molar-refractivity contribution in [2.45, 2.75) is 32.6 Å². The van der Waals surface area contributed by atoms with Gasteiger partial charge in [-0.25, -0.2) is 27.2 Å². The van der Waals surface area contributed by atoms with Crippen LogP contribution in [0.4, 0.5) is 10.2 Å². The fraction of sp³-hybridized carbons (Fsp3) is 0.333. The molecule has 6 nitrogen and oxygen atoms in total. The molecule has 0 spiro atoms. The summed E-state index contributed by atoms with van der Waals surface area (Å²) in [4.78, 5) is 11.6. The number of fused-ring (bicyclic) bond motifs is 2. The summed E-state index contributed by atoms with van der Waals surface area (Å²) in [5.74, 6) is 1.46. The summed E-state index contributed by atoms with van der Waals surface area (Å²) in [7, 11) is 1.72. The Labute approximate surface area is 208 Å². The van der Waals surface area contributed by atoms with E-state index in [2.05, 4.69) is 21.9 Å². The number of benzene rings is 1. The molecule has 1 saturated heterocycles. The molecule has 0 radical (unpaired) electrons. The van der Waals surface area contributed by atoms with Crippen LogP contribution < -0.4 is 34.5 Å². The van der Waals surface area contributed by atoms with Gasteiger partial charge < -0.3 is 15.9 Å². The number of nitrogens with zero attached hydrogens (tertiary/aromatic N) is 5. The fourth-order valence-corrected chi connectivity index (χ4v) is 3.83. The Balaban J connectivity index is 0.000000444. The molecular weight excluding hydrogens is 416 g/mol. The largest absolute Gasteiger partial charge is 1.00 e. The molecule has 1 N–H and O–H groups in total. The van der Waals surface area contributed by atoms with Crippen LogP contribution in [0.1, 0.15) is 32.6 Å². The number of halogens is 1. The molecule has 8 heteroatoms. The van der Waals surface area contributed by atoms with E-state index in [0.29, 0.717) is 22.2 Å². The molecule has 0 atom stereocenters. The van der Waals surface area contributed by atoms with Crippen molar-refractivity contribution >= 4 is 27.8 Å². The Kier molecular flexibility index (Phi) is 6.70. The van der Waals surface area contributed by atoms with E-state index in [1.165, 1.54) is 30.4 Å². The molecule has 1 saturated carbocycles. The van der Waals surface area contributed by atoms with Gasteiger partial charge in [-0.2, -0.15) is 12.0 Å². The minimum absolute atomic E-state index is 0. The molecule has 0 bridgehead atoms. The maximum absolute atomic E-state index is 14.5. The van der Waals surface area contributed by atoms with Gasteiger partial charge in [0.25, 0.3) is 0 Å². The minimum atomic E-state index is -0.729. The normalized spacial score (nSPS) is 15.5. The first-order valence-corrected chi connectivity index (χ1v) is 10.7. The number of anilines is 1. The van der Waals surface area contributed by atoms with E-state index in [-0.39, 0.29) is 35.1 Å². The molecule has 4 heterocycles. The SMILES string of the molecule is C[C-]1CC1.Cn1cc2cc(-c3ccc4nc(N5CCCC5)ccc4n3)c(O)c(F)c2n1.[Na+]. The van der Waals surface area contributed by atoms with Gasteiger partial charge in [0.1, 0.15) is 11.3 Å².